The summed E-state index contributed by atoms with van der Waals surface area (Å²) in [4.78, 5) is 16.8. The summed E-state index contributed by atoms with van der Waals surface area (Å²) < 4.78 is 33.6. The lowest BCUT2D eigenvalue weighted by Gasteiger charge is -2.15. The predicted molar refractivity (Wildman–Crippen MR) is 104 cm³/mol. The van der Waals surface area contributed by atoms with E-state index in [1.165, 1.54) is 21.6 Å². The molecular weight excluding hydrogens is 405 g/mol. The van der Waals surface area contributed by atoms with Gasteiger partial charge < -0.3 is 5.11 Å². The standard InChI is InChI=1S/C17H20N4S.C2HF3O2/c1-13-17(22-12-18-13)16-6-4-14(5-7-16)9-20(2)10-15-8-19-21(3)11-15;3-2(4,5)1(6)7/h4-8,11-12H,9-10H2,1-3H3;(H,6,7). The molecule has 0 saturated carbocycles. The van der Waals surface area contributed by atoms with Gasteiger partial charge in [0.05, 0.1) is 22.3 Å². The average Bonchev–Trinajstić information content (AvgIpc) is 3.23. The maximum atomic E-state index is 10.6. The Morgan fingerprint density at radius 3 is 2.24 bits per heavy atom. The summed E-state index contributed by atoms with van der Waals surface area (Å²) in [5, 5.41) is 11.3. The molecule has 0 bridgehead atoms. The van der Waals surface area contributed by atoms with Gasteiger partial charge in [-0.3, -0.25) is 9.58 Å². The summed E-state index contributed by atoms with van der Waals surface area (Å²) in [6.07, 6.45) is -1.10. The predicted octanol–water partition coefficient (Wildman–Crippen LogP) is 4.12. The number of carboxylic acids is 1. The number of thiazole rings is 1. The number of nitrogens with zero attached hydrogens (tertiary/aromatic N) is 4. The number of carbonyl (C=O) groups is 1. The maximum Gasteiger partial charge on any atom is 0.490 e. The summed E-state index contributed by atoms with van der Waals surface area (Å²) in [7, 11) is 4.08. The average molecular weight is 426 g/mol. The second kappa shape index (κ2) is 9.66. The van der Waals surface area contributed by atoms with Crippen molar-refractivity contribution in [3.63, 3.8) is 0 Å². The van der Waals surface area contributed by atoms with Gasteiger partial charge >= 0.3 is 12.1 Å². The van der Waals surface area contributed by atoms with E-state index in [-0.39, 0.29) is 0 Å². The number of benzene rings is 1. The van der Waals surface area contributed by atoms with E-state index < -0.39 is 12.1 Å². The van der Waals surface area contributed by atoms with Crippen LogP contribution in [0.4, 0.5) is 13.2 Å². The first-order valence-corrected chi connectivity index (χ1v) is 9.40. The van der Waals surface area contributed by atoms with Gasteiger partial charge in [-0.2, -0.15) is 18.3 Å². The van der Waals surface area contributed by atoms with Crippen LogP contribution < -0.4 is 0 Å². The number of alkyl halides is 3. The fourth-order valence-corrected chi connectivity index (χ4v) is 3.38. The molecule has 2 aromatic heterocycles. The smallest absolute Gasteiger partial charge is 0.475 e. The van der Waals surface area contributed by atoms with Crippen LogP contribution in [0, 0.1) is 6.92 Å². The Morgan fingerprint density at radius 2 is 1.79 bits per heavy atom. The van der Waals surface area contributed by atoms with Crippen LogP contribution in [0.3, 0.4) is 0 Å². The van der Waals surface area contributed by atoms with Crippen LogP contribution in [-0.2, 0) is 24.9 Å². The van der Waals surface area contributed by atoms with Gasteiger partial charge in [0.1, 0.15) is 0 Å². The molecule has 0 aliphatic carbocycles. The van der Waals surface area contributed by atoms with Crippen molar-refractivity contribution >= 4 is 17.3 Å². The monoisotopic (exact) mass is 426 g/mol. The lowest BCUT2D eigenvalue weighted by molar-refractivity contribution is -0.192. The molecule has 0 aliphatic heterocycles. The molecule has 0 spiro atoms. The van der Waals surface area contributed by atoms with E-state index in [0.29, 0.717) is 0 Å². The molecule has 0 aliphatic rings. The van der Waals surface area contributed by atoms with Crippen LogP contribution in [0.5, 0.6) is 0 Å². The summed E-state index contributed by atoms with van der Waals surface area (Å²) >= 11 is 1.70. The van der Waals surface area contributed by atoms with Crippen molar-refractivity contribution < 1.29 is 23.1 Å². The van der Waals surface area contributed by atoms with E-state index in [4.69, 9.17) is 9.90 Å². The van der Waals surface area contributed by atoms with Crippen molar-refractivity contribution in [1.29, 1.82) is 0 Å². The first-order valence-electron chi connectivity index (χ1n) is 8.52. The molecular formula is C19H21F3N4O2S. The number of aromatic nitrogens is 3. The van der Waals surface area contributed by atoms with Crippen LogP contribution in [0.25, 0.3) is 10.4 Å². The van der Waals surface area contributed by atoms with Crippen molar-refractivity contribution in [3.8, 4) is 10.4 Å². The molecule has 156 valence electrons. The fraction of sp³-hybridized carbons (Fsp3) is 0.316. The molecule has 2 heterocycles. The van der Waals surface area contributed by atoms with E-state index in [1.807, 2.05) is 23.4 Å². The number of carboxylic acid groups (broad SMARTS) is 1. The zero-order valence-electron chi connectivity index (χ0n) is 16.1. The third-order valence-electron chi connectivity index (χ3n) is 3.87. The van der Waals surface area contributed by atoms with Crippen molar-refractivity contribution in [1.82, 2.24) is 19.7 Å². The van der Waals surface area contributed by atoms with Crippen LogP contribution in [0.1, 0.15) is 16.8 Å². The van der Waals surface area contributed by atoms with Crippen LogP contribution >= 0.6 is 11.3 Å². The van der Waals surface area contributed by atoms with Crippen LogP contribution in [0.2, 0.25) is 0 Å². The Labute approximate surface area is 170 Å². The zero-order valence-corrected chi connectivity index (χ0v) is 17.0. The highest BCUT2D eigenvalue weighted by Gasteiger charge is 2.38. The second-order valence-electron chi connectivity index (χ2n) is 6.46. The normalized spacial score (nSPS) is 11.3. The number of halogens is 3. The minimum atomic E-state index is -5.08. The number of aliphatic carboxylic acids is 1. The van der Waals surface area contributed by atoms with Gasteiger partial charge in [0.25, 0.3) is 0 Å². The number of aryl methyl sites for hydroxylation is 2. The Balaban J connectivity index is 0.000000370. The number of rotatable bonds is 5. The Morgan fingerprint density at radius 1 is 1.21 bits per heavy atom. The third-order valence-corrected chi connectivity index (χ3v) is 4.85. The first kappa shape index (κ1) is 22.6. The molecule has 1 N–H and O–H groups in total. The van der Waals surface area contributed by atoms with E-state index >= 15 is 0 Å². The third kappa shape index (κ3) is 6.99. The van der Waals surface area contributed by atoms with E-state index in [0.717, 1.165) is 18.8 Å². The highest BCUT2D eigenvalue weighted by molar-refractivity contribution is 7.13. The van der Waals surface area contributed by atoms with Crippen molar-refractivity contribution in [2.45, 2.75) is 26.2 Å². The van der Waals surface area contributed by atoms with Gasteiger partial charge in [0.2, 0.25) is 0 Å². The fourth-order valence-electron chi connectivity index (χ4n) is 2.57. The zero-order chi connectivity index (χ0) is 21.6. The topological polar surface area (TPSA) is 71.2 Å². The summed E-state index contributed by atoms with van der Waals surface area (Å²) in [5.74, 6) is -2.76. The first-order chi connectivity index (χ1) is 13.6. The van der Waals surface area contributed by atoms with Gasteiger partial charge in [0, 0.05) is 31.9 Å². The molecule has 0 unspecified atom stereocenters. The highest BCUT2D eigenvalue weighted by atomic mass is 32.1. The molecule has 10 heteroatoms. The number of hydrogen-bond donors (Lipinski definition) is 1. The van der Waals surface area contributed by atoms with E-state index in [1.54, 1.807) is 11.3 Å². The van der Waals surface area contributed by atoms with Gasteiger partial charge in [-0.1, -0.05) is 24.3 Å². The molecule has 1 aromatic carbocycles. The van der Waals surface area contributed by atoms with Crippen LogP contribution in [0.15, 0.2) is 42.2 Å². The number of hydrogen-bond acceptors (Lipinski definition) is 5. The van der Waals surface area contributed by atoms with E-state index in [9.17, 15) is 13.2 Å². The summed E-state index contributed by atoms with van der Waals surface area (Å²) in [5.41, 5.74) is 6.81. The lowest BCUT2D eigenvalue weighted by atomic mass is 10.1. The maximum absolute atomic E-state index is 10.6. The van der Waals surface area contributed by atoms with Gasteiger partial charge in [-0.15, -0.1) is 11.3 Å². The molecule has 0 amide bonds. The molecule has 0 fully saturated rings. The van der Waals surface area contributed by atoms with Crippen molar-refractivity contribution in [2.24, 2.45) is 7.05 Å². The summed E-state index contributed by atoms with van der Waals surface area (Å²) in [6.45, 7) is 3.89. The quantitative estimate of drug-likeness (QED) is 0.665. The molecule has 0 saturated heterocycles. The molecule has 3 aromatic rings. The van der Waals surface area contributed by atoms with Crippen molar-refractivity contribution in [3.05, 3.63) is 59.0 Å². The largest absolute Gasteiger partial charge is 0.490 e. The SMILES string of the molecule is Cc1ncsc1-c1ccc(CN(C)Cc2cnn(C)c2)cc1.O=C(O)C(F)(F)F. The Bertz CT molecular complexity index is 936. The highest BCUT2D eigenvalue weighted by Crippen LogP contribution is 2.27. The molecule has 0 atom stereocenters. The molecule has 0 radical (unpaired) electrons. The van der Waals surface area contributed by atoms with Gasteiger partial charge in [-0.05, 0) is 25.1 Å². The molecule has 3 rings (SSSR count). The van der Waals surface area contributed by atoms with E-state index in [2.05, 4.69) is 59.4 Å². The minimum Gasteiger partial charge on any atom is -0.475 e. The van der Waals surface area contributed by atoms with Crippen molar-refractivity contribution in [2.75, 3.05) is 7.05 Å². The Kier molecular flexibility index (Phi) is 7.52. The Hall–Kier alpha value is -2.72. The minimum absolute atomic E-state index is 0.906. The second-order valence-corrected chi connectivity index (χ2v) is 7.32. The lowest BCUT2D eigenvalue weighted by Crippen LogP contribution is -2.21. The molecule has 29 heavy (non-hydrogen) atoms. The summed E-state index contributed by atoms with van der Waals surface area (Å²) in [6, 6.07) is 8.78. The van der Waals surface area contributed by atoms with Crippen LogP contribution in [-0.4, -0.2) is 44.0 Å². The van der Waals surface area contributed by atoms with Gasteiger partial charge in [0.15, 0.2) is 0 Å². The molecule has 6 nitrogen and oxygen atoms in total. The van der Waals surface area contributed by atoms with Gasteiger partial charge in [-0.25, -0.2) is 9.78 Å².